The molecule has 1 aromatic carbocycles. The number of ether oxygens (including phenoxy) is 1. The van der Waals surface area contributed by atoms with Gasteiger partial charge in [-0.15, -0.1) is 0 Å². The predicted molar refractivity (Wildman–Crippen MR) is 64.2 cm³/mol. The number of hydrogen-bond acceptors (Lipinski definition) is 5. The molecule has 0 aliphatic heterocycles. The van der Waals surface area contributed by atoms with Gasteiger partial charge in [-0.25, -0.2) is 17.5 Å². The Bertz CT molecular complexity index is 569. The summed E-state index contributed by atoms with van der Waals surface area (Å²) >= 11 is 0. The number of rotatable bonds is 7. The molecule has 6 nitrogen and oxygen atoms in total. The molecule has 0 aliphatic carbocycles. The van der Waals surface area contributed by atoms with Crippen molar-refractivity contribution in [3.05, 3.63) is 29.6 Å². The highest BCUT2D eigenvalue weighted by molar-refractivity contribution is 7.89. The number of aliphatic hydroxyl groups is 1. The van der Waals surface area contributed by atoms with E-state index in [0.29, 0.717) is 0 Å². The molecule has 2 N–H and O–H groups in total. The van der Waals surface area contributed by atoms with Crippen molar-refractivity contribution in [3.63, 3.8) is 0 Å². The monoisotopic (exact) mass is 288 g/mol. The van der Waals surface area contributed by atoms with Gasteiger partial charge in [0.15, 0.2) is 0 Å². The average molecular weight is 288 g/mol. The van der Waals surface area contributed by atoms with Crippen LogP contribution in [-0.2, 0) is 14.8 Å². The number of benzene rings is 1. The standard InChI is InChI=1S/C11H13FN2O4S/c12-11-2-1-10(7-9(11)8-13)19(16,17)14-3-5-18-6-4-15/h1-2,7,14-15H,3-6H2. The summed E-state index contributed by atoms with van der Waals surface area (Å²) < 4.78 is 43.8. The number of nitriles is 1. The van der Waals surface area contributed by atoms with Crippen LogP contribution in [-0.4, -0.2) is 39.9 Å². The van der Waals surface area contributed by atoms with E-state index in [1.54, 1.807) is 6.07 Å². The van der Waals surface area contributed by atoms with Gasteiger partial charge in [0, 0.05) is 6.54 Å². The molecule has 0 spiro atoms. The second kappa shape index (κ2) is 7.16. The number of halogens is 1. The third-order valence-electron chi connectivity index (χ3n) is 2.14. The van der Waals surface area contributed by atoms with Gasteiger partial charge in [-0.2, -0.15) is 5.26 Å². The van der Waals surface area contributed by atoms with Crippen LogP contribution in [0.15, 0.2) is 23.1 Å². The van der Waals surface area contributed by atoms with Gasteiger partial charge in [-0.3, -0.25) is 0 Å². The molecule has 0 heterocycles. The van der Waals surface area contributed by atoms with Gasteiger partial charge in [-0.1, -0.05) is 0 Å². The van der Waals surface area contributed by atoms with Crippen molar-refractivity contribution < 1.29 is 22.7 Å². The number of sulfonamides is 1. The normalized spacial score (nSPS) is 11.2. The minimum Gasteiger partial charge on any atom is -0.394 e. The molecule has 1 aromatic rings. The maximum Gasteiger partial charge on any atom is 0.240 e. The van der Waals surface area contributed by atoms with Crippen LogP contribution in [0.2, 0.25) is 0 Å². The lowest BCUT2D eigenvalue weighted by molar-refractivity contribution is 0.0961. The highest BCUT2D eigenvalue weighted by Crippen LogP contribution is 2.14. The second-order valence-corrected chi connectivity index (χ2v) is 5.25. The molecule has 0 unspecified atom stereocenters. The van der Waals surface area contributed by atoms with Crippen molar-refractivity contribution in [2.24, 2.45) is 0 Å². The van der Waals surface area contributed by atoms with Gasteiger partial charge >= 0.3 is 0 Å². The summed E-state index contributed by atoms with van der Waals surface area (Å²) in [6.07, 6.45) is 0. The number of nitrogens with zero attached hydrogens (tertiary/aromatic N) is 1. The Labute approximate surface area is 110 Å². The van der Waals surface area contributed by atoms with Gasteiger partial charge in [0.2, 0.25) is 10.0 Å². The zero-order valence-electron chi connectivity index (χ0n) is 9.97. The van der Waals surface area contributed by atoms with E-state index in [0.717, 1.165) is 18.2 Å². The first kappa shape index (κ1) is 15.5. The summed E-state index contributed by atoms with van der Waals surface area (Å²) in [4.78, 5) is -0.187. The molecule has 1 rings (SSSR count). The Morgan fingerprint density at radius 1 is 1.42 bits per heavy atom. The van der Waals surface area contributed by atoms with E-state index in [9.17, 15) is 12.8 Å². The van der Waals surface area contributed by atoms with E-state index in [4.69, 9.17) is 15.1 Å². The number of nitrogens with one attached hydrogen (secondary N) is 1. The highest BCUT2D eigenvalue weighted by atomic mass is 32.2. The largest absolute Gasteiger partial charge is 0.394 e. The van der Waals surface area contributed by atoms with Gasteiger partial charge in [-0.05, 0) is 18.2 Å². The Kier molecular flexibility index (Phi) is 5.85. The fourth-order valence-corrected chi connectivity index (χ4v) is 2.29. The second-order valence-electron chi connectivity index (χ2n) is 3.49. The van der Waals surface area contributed by atoms with Gasteiger partial charge in [0.1, 0.15) is 11.9 Å². The minimum absolute atomic E-state index is 0.0155. The molecule has 19 heavy (non-hydrogen) atoms. The smallest absolute Gasteiger partial charge is 0.240 e. The number of aliphatic hydroxyl groups excluding tert-OH is 1. The van der Waals surface area contributed by atoms with E-state index in [1.165, 1.54) is 0 Å². The van der Waals surface area contributed by atoms with Gasteiger partial charge in [0.05, 0.1) is 30.3 Å². The van der Waals surface area contributed by atoms with E-state index < -0.39 is 15.8 Å². The lowest BCUT2D eigenvalue weighted by atomic mass is 10.2. The maximum absolute atomic E-state index is 13.1. The molecule has 0 saturated heterocycles. The summed E-state index contributed by atoms with van der Waals surface area (Å²) in [5.74, 6) is -0.771. The summed E-state index contributed by atoms with van der Waals surface area (Å²) in [7, 11) is -3.81. The SMILES string of the molecule is N#Cc1cc(S(=O)(=O)NCCOCCO)ccc1F. The van der Waals surface area contributed by atoms with Crippen molar-refractivity contribution in [1.29, 1.82) is 5.26 Å². The van der Waals surface area contributed by atoms with Crippen LogP contribution in [0.4, 0.5) is 4.39 Å². The van der Waals surface area contributed by atoms with E-state index in [1.807, 2.05) is 0 Å². The molecule has 0 atom stereocenters. The van der Waals surface area contributed by atoms with Crippen molar-refractivity contribution in [1.82, 2.24) is 4.72 Å². The van der Waals surface area contributed by atoms with E-state index >= 15 is 0 Å². The molecule has 0 fully saturated rings. The summed E-state index contributed by atoms with van der Waals surface area (Å²) in [5.41, 5.74) is -0.334. The highest BCUT2D eigenvalue weighted by Gasteiger charge is 2.15. The van der Waals surface area contributed by atoms with Gasteiger partial charge in [0.25, 0.3) is 0 Å². The molecule has 0 saturated carbocycles. The third-order valence-corrected chi connectivity index (χ3v) is 3.60. The molecule has 0 amide bonds. The van der Waals surface area contributed by atoms with Crippen LogP contribution in [0.25, 0.3) is 0 Å². The van der Waals surface area contributed by atoms with Crippen LogP contribution in [0, 0.1) is 17.1 Å². The zero-order valence-corrected chi connectivity index (χ0v) is 10.8. The molecular formula is C11H13FN2O4S. The van der Waals surface area contributed by atoms with Crippen molar-refractivity contribution in [3.8, 4) is 6.07 Å². The third kappa shape index (κ3) is 4.57. The first-order chi connectivity index (χ1) is 9.01. The van der Waals surface area contributed by atoms with Crippen molar-refractivity contribution in [2.45, 2.75) is 4.90 Å². The Balaban J connectivity index is 2.70. The maximum atomic E-state index is 13.1. The molecule has 0 radical (unpaired) electrons. The lowest BCUT2D eigenvalue weighted by Crippen LogP contribution is -2.27. The predicted octanol–water partition coefficient (Wildman–Crippen LogP) is -0.0154. The lowest BCUT2D eigenvalue weighted by Gasteiger charge is -2.07. The minimum atomic E-state index is -3.81. The summed E-state index contributed by atoms with van der Waals surface area (Å²) in [5, 5.41) is 17.1. The molecule has 0 aromatic heterocycles. The Morgan fingerprint density at radius 2 is 2.16 bits per heavy atom. The van der Waals surface area contributed by atoms with Crippen LogP contribution in [0.5, 0.6) is 0 Å². The quantitative estimate of drug-likeness (QED) is 0.687. The van der Waals surface area contributed by atoms with Crippen molar-refractivity contribution in [2.75, 3.05) is 26.4 Å². The average Bonchev–Trinajstić information content (AvgIpc) is 2.38. The zero-order chi connectivity index (χ0) is 14.3. The van der Waals surface area contributed by atoms with Crippen molar-refractivity contribution >= 4 is 10.0 Å². The molecule has 0 aliphatic rings. The first-order valence-corrected chi connectivity index (χ1v) is 6.87. The molecule has 104 valence electrons. The fourth-order valence-electron chi connectivity index (χ4n) is 1.26. The summed E-state index contributed by atoms with van der Waals surface area (Å²) in [6.45, 7) is 0.0980. The van der Waals surface area contributed by atoms with Crippen LogP contribution in [0.3, 0.4) is 0 Å². The topological polar surface area (TPSA) is 99.4 Å². The van der Waals surface area contributed by atoms with Gasteiger partial charge < -0.3 is 9.84 Å². The molecule has 0 bridgehead atoms. The first-order valence-electron chi connectivity index (χ1n) is 5.39. The summed E-state index contributed by atoms with van der Waals surface area (Å²) in [6, 6.07) is 4.54. The van der Waals surface area contributed by atoms with Crippen LogP contribution >= 0.6 is 0 Å². The van der Waals surface area contributed by atoms with Crippen LogP contribution < -0.4 is 4.72 Å². The molecular weight excluding hydrogens is 275 g/mol. The number of hydrogen-bond donors (Lipinski definition) is 2. The fraction of sp³-hybridized carbons (Fsp3) is 0.364. The Hall–Kier alpha value is -1.53. The van der Waals surface area contributed by atoms with E-state index in [-0.39, 0.29) is 36.8 Å². The Morgan fingerprint density at radius 3 is 2.79 bits per heavy atom. The van der Waals surface area contributed by atoms with Crippen LogP contribution in [0.1, 0.15) is 5.56 Å². The molecule has 8 heteroatoms. The van der Waals surface area contributed by atoms with E-state index in [2.05, 4.69) is 4.72 Å².